The van der Waals surface area contributed by atoms with Gasteiger partial charge in [0, 0.05) is 23.3 Å². The molecule has 0 bridgehead atoms. The van der Waals surface area contributed by atoms with Crippen LogP contribution in [0.3, 0.4) is 0 Å². The lowest BCUT2D eigenvalue weighted by molar-refractivity contribution is 0.270. The molecule has 0 saturated heterocycles. The Morgan fingerprint density at radius 2 is 2.00 bits per heavy atom. The summed E-state index contributed by atoms with van der Waals surface area (Å²) in [5, 5.41) is 12.2. The lowest BCUT2D eigenvalue weighted by Gasteiger charge is -2.16. The van der Waals surface area contributed by atoms with Gasteiger partial charge in [0.2, 0.25) is 0 Å². The van der Waals surface area contributed by atoms with Crippen LogP contribution in [-0.2, 0) is 10.8 Å². The summed E-state index contributed by atoms with van der Waals surface area (Å²) >= 11 is 0. The van der Waals surface area contributed by atoms with Gasteiger partial charge in [0.15, 0.2) is 0 Å². The topological polar surface area (TPSA) is 49.3 Å². The second-order valence-corrected chi connectivity index (χ2v) is 5.59. The Morgan fingerprint density at radius 1 is 1.35 bits per heavy atom. The van der Waals surface area contributed by atoms with Gasteiger partial charge in [0.25, 0.3) is 0 Å². The highest BCUT2D eigenvalue weighted by atomic mass is 32.2. The summed E-state index contributed by atoms with van der Waals surface area (Å²) in [5.41, 5.74) is 1.17. The molecular weight excluding hydrogens is 234 g/mol. The van der Waals surface area contributed by atoms with Crippen LogP contribution >= 0.6 is 0 Å². The van der Waals surface area contributed by atoms with Crippen molar-refractivity contribution in [3.63, 3.8) is 0 Å². The van der Waals surface area contributed by atoms with Gasteiger partial charge in [-0.05, 0) is 32.0 Å². The van der Waals surface area contributed by atoms with Gasteiger partial charge in [-0.25, -0.2) is 0 Å². The highest BCUT2D eigenvalue weighted by Crippen LogP contribution is 2.10. The van der Waals surface area contributed by atoms with E-state index in [-0.39, 0.29) is 12.6 Å². The molecule has 0 radical (unpaired) electrons. The monoisotopic (exact) mass is 255 g/mol. The molecule has 1 aromatic carbocycles. The van der Waals surface area contributed by atoms with Crippen molar-refractivity contribution < 1.29 is 9.32 Å². The van der Waals surface area contributed by atoms with E-state index in [4.69, 9.17) is 5.11 Å². The first-order valence-electron chi connectivity index (χ1n) is 5.96. The number of aliphatic hydroxyl groups is 1. The number of hydrogen-bond acceptors (Lipinski definition) is 3. The molecule has 1 rings (SSSR count). The van der Waals surface area contributed by atoms with Gasteiger partial charge in [-0.1, -0.05) is 24.6 Å². The number of aliphatic hydroxyl groups excluding tert-OH is 1. The molecule has 0 heterocycles. The Balaban J connectivity index is 2.60. The summed E-state index contributed by atoms with van der Waals surface area (Å²) in [4.78, 5) is 0.858. The molecule has 0 aliphatic rings. The average molecular weight is 255 g/mol. The van der Waals surface area contributed by atoms with Gasteiger partial charge >= 0.3 is 0 Å². The Labute approximate surface area is 106 Å². The van der Waals surface area contributed by atoms with Gasteiger partial charge in [0.05, 0.1) is 10.8 Å². The SMILES string of the molecule is CCNC(CCO)CS(=O)c1ccc(C)cc1. The van der Waals surface area contributed by atoms with Crippen molar-refractivity contribution in [2.75, 3.05) is 18.9 Å². The van der Waals surface area contributed by atoms with Crippen LogP contribution in [0.1, 0.15) is 18.9 Å². The third kappa shape index (κ3) is 4.98. The van der Waals surface area contributed by atoms with Crippen molar-refractivity contribution in [2.24, 2.45) is 0 Å². The van der Waals surface area contributed by atoms with Crippen LogP contribution in [0, 0.1) is 6.92 Å². The van der Waals surface area contributed by atoms with Crippen LogP contribution in [0.4, 0.5) is 0 Å². The van der Waals surface area contributed by atoms with Crippen molar-refractivity contribution in [1.82, 2.24) is 5.32 Å². The molecule has 2 unspecified atom stereocenters. The lowest BCUT2D eigenvalue weighted by Crippen LogP contribution is -2.34. The zero-order chi connectivity index (χ0) is 12.7. The van der Waals surface area contributed by atoms with E-state index >= 15 is 0 Å². The van der Waals surface area contributed by atoms with Crippen molar-refractivity contribution in [2.45, 2.75) is 31.2 Å². The Kier molecular flexibility index (Phi) is 6.40. The molecule has 2 N–H and O–H groups in total. The van der Waals surface area contributed by atoms with Gasteiger partial charge < -0.3 is 10.4 Å². The van der Waals surface area contributed by atoms with Crippen molar-refractivity contribution in [3.05, 3.63) is 29.8 Å². The fraction of sp³-hybridized carbons (Fsp3) is 0.538. The van der Waals surface area contributed by atoms with E-state index in [0.29, 0.717) is 12.2 Å². The highest BCUT2D eigenvalue weighted by Gasteiger charge is 2.12. The second-order valence-electron chi connectivity index (χ2n) is 4.09. The number of rotatable bonds is 7. The zero-order valence-electron chi connectivity index (χ0n) is 10.5. The maximum Gasteiger partial charge on any atom is 0.0545 e. The third-order valence-electron chi connectivity index (χ3n) is 2.61. The summed E-state index contributed by atoms with van der Waals surface area (Å²) in [6.07, 6.45) is 0.644. The maximum atomic E-state index is 12.1. The van der Waals surface area contributed by atoms with Crippen LogP contribution in [0.15, 0.2) is 29.2 Å². The van der Waals surface area contributed by atoms with E-state index in [2.05, 4.69) is 5.32 Å². The van der Waals surface area contributed by atoms with Crippen molar-refractivity contribution in [1.29, 1.82) is 0 Å². The van der Waals surface area contributed by atoms with Gasteiger partial charge in [-0.15, -0.1) is 0 Å². The summed E-state index contributed by atoms with van der Waals surface area (Å²) in [7, 11) is -0.998. The number of hydrogen-bond donors (Lipinski definition) is 2. The number of nitrogens with one attached hydrogen (secondary N) is 1. The predicted octanol–water partition coefficient (Wildman–Crippen LogP) is 1.46. The molecule has 0 amide bonds. The Morgan fingerprint density at radius 3 is 2.53 bits per heavy atom. The minimum atomic E-state index is -0.998. The molecule has 0 aliphatic carbocycles. The summed E-state index contributed by atoms with van der Waals surface area (Å²) in [6, 6.07) is 7.89. The van der Waals surface area contributed by atoms with Crippen LogP contribution in [0.2, 0.25) is 0 Å². The molecule has 4 heteroatoms. The molecule has 1 aromatic rings. The van der Waals surface area contributed by atoms with E-state index in [1.54, 1.807) is 0 Å². The van der Waals surface area contributed by atoms with Gasteiger partial charge in [-0.3, -0.25) is 4.21 Å². The molecule has 0 saturated carbocycles. The van der Waals surface area contributed by atoms with Crippen molar-refractivity contribution >= 4 is 10.8 Å². The molecule has 0 fully saturated rings. The molecule has 2 atom stereocenters. The summed E-state index contributed by atoms with van der Waals surface area (Å²) < 4.78 is 12.1. The van der Waals surface area contributed by atoms with Crippen LogP contribution < -0.4 is 5.32 Å². The minimum Gasteiger partial charge on any atom is -0.396 e. The Bertz CT molecular complexity index is 345. The molecule has 0 aliphatic heterocycles. The Hall–Kier alpha value is -0.710. The first-order chi connectivity index (χ1) is 8.17. The van der Waals surface area contributed by atoms with E-state index < -0.39 is 10.8 Å². The molecule has 0 aromatic heterocycles. The van der Waals surface area contributed by atoms with E-state index in [9.17, 15) is 4.21 Å². The van der Waals surface area contributed by atoms with Crippen LogP contribution in [0.5, 0.6) is 0 Å². The fourth-order valence-electron chi connectivity index (χ4n) is 1.66. The van der Waals surface area contributed by atoms with E-state index in [1.165, 1.54) is 5.56 Å². The van der Waals surface area contributed by atoms with Crippen molar-refractivity contribution in [3.8, 4) is 0 Å². The average Bonchev–Trinajstić information content (AvgIpc) is 2.30. The smallest absolute Gasteiger partial charge is 0.0545 e. The minimum absolute atomic E-state index is 0.118. The van der Waals surface area contributed by atoms with Gasteiger partial charge in [-0.2, -0.15) is 0 Å². The predicted molar refractivity (Wildman–Crippen MR) is 71.6 cm³/mol. The van der Waals surface area contributed by atoms with Gasteiger partial charge in [0.1, 0.15) is 0 Å². The maximum absolute atomic E-state index is 12.1. The molecule has 3 nitrogen and oxygen atoms in total. The number of benzene rings is 1. The van der Waals surface area contributed by atoms with E-state index in [1.807, 2.05) is 38.1 Å². The fourth-order valence-corrected chi connectivity index (χ4v) is 2.94. The quantitative estimate of drug-likeness (QED) is 0.775. The molecular formula is C13H21NO2S. The van der Waals surface area contributed by atoms with E-state index in [0.717, 1.165) is 11.4 Å². The zero-order valence-corrected chi connectivity index (χ0v) is 11.3. The molecule has 96 valence electrons. The first-order valence-corrected chi connectivity index (χ1v) is 7.28. The lowest BCUT2D eigenvalue weighted by atomic mass is 10.2. The highest BCUT2D eigenvalue weighted by molar-refractivity contribution is 7.85. The van der Waals surface area contributed by atoms with Crippen LogP contribution in [-0.4, -0.2) is 34.3 Å². The largest absolute Gasteiger partial charge is 0.396 e. The van der Waals surface area contributed by atoms with Crippen LogP contribution in [0.25, 0.3) is 0 Å². The molecule has 17 heavy (non-hydrogen) atoms. The second kappa shape index (κ2) is 7.58. The standard InChI is InChI=1S/C13H21NO2S/c1-3-14-12(8-9-15)10-17(16)13-6-4-11(2)5-7-13/h4-7,12,14-15H,3,8-10H2,1-2H3. The number of aryl methyl sites for hydroxylation is 1. The summed E-state index contributed by atoms with van der Waals surface area (Å²) in [5.74, 6) is 0.553. The first kappa shape index (κ1) is 14.4. The normalized spacial score (nSPS) is 14.5. The third-order valence-corrected chi connectivity index (χ3v) is 4.11. The summed E-state index contributed by atoms with van der Waals surface area (Å²) in [6.45, 7) is 4.98. The molecule has 0 spiro atoms.